The van der Waals surface area contributed by atoms with Crippen molar-refractivity contribution >= 4 is 56.7 Å². The van der Waals surface area contributed by atoms with Crippen LogP contribution < -0.4 is 10.9 Å². The standard InChI is InChI=1S/C18H20N4O2S3/c1-9-10(2)27-18-15(9)17(24)21-13(22-18)8-26-11(3)16(23)20-12-5-6-14(25-4)19-7-12/h5-7,11H,8H2,1-4H3,(H,20,23)(H,21,22,24). The quantitative estimate of drug-likeness (QED) is 0.587. The number of nitrogens with one attached hydrogen (secondary N) is 2. The van der Waals surface area contributed by atoms with Gasteiger partial charge in [0.15, 0.2) is 0 Å². The largest absolute Gasteiger partial charge is 0.324 e. The first-order valence-corrected chi connectivity index (χ1v) is 11.4. The number of carbonyl (C=O) groups excluding carboxylic acids is 1. The molecule has 0 spiro atoms. The second kappa shape index (κ2) is 8.45. The Balaban J connectivity index is 1.64. The van der Waals surface area contributed by atoms with E-state index in [1.54, 1.807) is 18.0 Å². The zero-order chi connectivity index (χ0) is 19.6. The molecule has 0 aliphatic rings. The normalized spacial score (nSPS) is 12.3. The number of aromatic amines is 1. The monoisotopic (exact) mass is 420 g/mol. The molecule has 27 heavy (non-hydrogen) atoms. The number of anilines is 1. The Labute approximate surface area is 169 Å². The van der Waals surface area contributed by atoms with E-state index in [0.717, 1.165) is 20.3 Å². The molecule has 0 saturated heterocycles. The zero-order valence-corrected chi connectivity index (χ0v) is 17.9. The van der Waals surface area contributed by atoms with Gasteiger partial charge < -0.3 is 10.3 Å². The first-order chi connectivity index (χ1) is 12.9. The van der Waals surface area contributed by atoms with Gasteiger partial charge in [0.1, 0.15) is 10.7 Å². The SMILES string of the molecule is CSc1ccc(NC(=O)C(C)SCc2nc3sc(C)c(C)c3c(=O)[nH]2)cn1. The zero-order valence-electron chi connectivity index (χ0n) is 15.5. The van der Waals surface area contributed by atoms with Crippen molar-refractivity contribution in [1.29, 1.82) is 0 Å². The fourth-order valence-corrected chi connectivity index (χ4v) is 4.63. The van der Waals surface area contributed by atoms with E-state index in [2.05, 4.69) is 20.3 Å². The van der Waals surface area contributed by atoms with E-state index in [1.807, 2.05) is 39.2 Å². The minimum atomic E-state index is -0.293. The number of H-pyrrole nitrogens is 1. The molecular formula is C18H20N4O2S3. The summed E-state index contributed by atoms with van der Waals surface area (Å²) in [6.07, 6.45) is 3.60. The summed E-state index contributed by atoms with van der Waals surface area (Å²) in [4.78, 5) is 38.2. The molecule has 1 amide bonds. The summed E-state index contributed by atoms with van der Waals surface area (Å²) in [7, 11) is 0. The summed E-state index contributed by atoms with van der Waals surface area (Å²) in [5.74, 6) is 0.939. The number of amides is 1. The number of fused-ring (bicyclic) bond motifs is 1. The van der Waals surface area contributed by atoms with Gasteiger partial charge in [0, 0.05) is 4.88 Å². The number of aromatic nitrogens is 3. The van der Waals surface area contributed by atoms with Gasteiger partial charge in [-0.2, -0.15) is 0 Å². The molecule has 0 aliphatic carbocycles. The topological polar surface area (TPSA) is 87.7 Å². The molecule has 0 radical (unpaired) electrons. The highest BCUT2D eigenvalue weighted by atomic mass is 32.2. The van der Waals surface area contributed by atoms with Gasteiger partial charge in [-0.3, -0.25) is 9.59 Å². The number of hydrogen-bond acceptors (Lipinski definition) is 7. The molecule has 0 aliphatic heterocycles. The third kappa shape index (κ3) is 4.53. The van der Waals surface area contributed by atoms with E-state index in [9.17, 15) is 9.59 Å². The second-order valence-corrected chi connectivity index (χ2v) is 9.37. The Bertz CT molecular complexity index is 1030. The van der Waals surface area contributed by atoms with Crippen molar-refractivity contribution in [2.45, 2.75) is 36.8 Å². The van der Waals surface area contributed by atoms with Gasteiger partial charge in [-0.15, -0.1) is 34.9 Å². The van der Waals surface area contributed by atoms with Gasteiger partial charge in [-0.25, -0.2) is 9.97 Å². The predicted molar refractivity (Wildman–Crippen MR) is 115 cm³/mol. The Morgan fingerprint density at radius 3 is 2.81 bits per heavy atom. The van der Waals surface area contributed by atoms with Crippen molar-refractivity contribution in [3.63, 3.8) is 0 Å². The van der Waals surface area contributed by atoms with Crippen LogP contribution in [0.2, 0.25) is 0 Å². The molecule has 0 bridgehead atoms. The van der Waals surface area contributed by atoms with Crippen LogP contribution in [-0.4, -0.2) is 32.4 Å². The highest BCUT2D eigenvalue weighted by Crippen LogP contribution is 2.26. The number of hydrogen-bond donors (Lipinski definition) is 2. The minimum Gasteiger partial charge on any atom is -0.324 e. The number of aryl methyl sites for hydroxylation is 2. The summed E-state index contributed by atoms with van der Waals surface area (Å²) < 4.78 is 0. The number of carbonyl (C=O) groups is 1. The first kappa shape index (κ1) is 19.9. The predicted octanol–water partition coefficient (Wildman–Crippen LogP) is 3.98. The van der Waals surface area contributed by atoms with Gasteiger partial charge in [0.05, 0.1) is 33.3 Å². The van der Waals surface area contributed by atoms with E-state index in [-0.39, 0.29) is 16.7 Å². The fraction of sp³-hybridized carbons (Fsp3) is 0.333. The molecule has 0 fully saturated rings. The second-order valence-electron chi connectivity index (χ2n) is 6.01. The average molecular weight is 421 g/mol. The molecule has 1 unspecified atom stereocenters. The number of thioether (sulfide) groups is 2. The van der Waals surface area contributed by atoms with E-state index in [0.29, 0.717) is 22.7 Å². The third-order valence-corrected chi connectivity index (χ3v) is 7.06. The van der Waals surface area contributed by atoms with Gasteiger partial charge >= 0.3 is 0 Å². The number of nitrogens with zero attached hydrogens (tertiary/aromatic N) is 2. The third-order valence-electron chi connectivity index (χ3n) is 4.14. The van der Waals surface area contributed by atoms with Crippen LogP contribution in [-0.2, 0) is 10.5 Å². The van der Waals surface area contributed by atoms with Crippen LogP contribution in [0, 0.1) is 13.8 Å². The maximum atomic E-state index is 12.4. The maximum Gasteiger partial charge on any atom is 0.259 e. The smallest absolute Gasteiger partial charge is 0.259 e. The molecule has 3 aromatic heterocycles. The van der Waals surface area contributed by atoms with Crippen LogP contribution in [0.4, 0.5) is 5.69 Å². The maximum absolute atomic E-state index is 12.4. The van der Waals surface area contributed by atoms with Crippen molar-refractivity contribution in [3.8, 4) is 0 Å². The van der Waals surface area contributed by atoms with E-state index in [1.165, 1.54) is 23.1 Å². The molecule has 0 saturated carbocycles. The van der Waals surface area contributed by atoms with E-state index in [4.69, 9.17) is 0 Å². The molecule has 3 heterocycles. The Kier molecular flexibility index (Phi) is 6.23. The van der Waals surface area contributed by atoms with Crippen LogP contribution in [0.1, 0.15) is 23.2 Å². The van der Waals surface area contributed by atoms with Crippen molar-refractivity contribution in [1.82, 2.24) is 15.0 Å². The van der Waals surface area contributed by atoms with Crippen molar-refractivity contribution in [2.24, 2.45) is 0 Å². The van der Waals surface area contributed by atoms with E-state index < -0.39 is 0 Å². The molecule has 3 aromatic rings. The summed E-state index contributed by atoms with van der Waals surface area (Å²) in [6, 6.07) is 3.70. The number of thiophene rings is 1. The lowest BCUT2D eigenvalue weighted by atomic mass is 10.2. The van der Waals surface area contributed by atoms with Crippen LogP contribution in [0.15, 0.2) is 28.2 Å². The molecule has 142 valence electrons. The van der Waals surface area contributed by atoms with Crippen molar-refractivity contribution in [2.75, 3.05) is 11.6 Å². The van der Waals surface area contributed by atoms with Gasteiger partial charge in [0.2, 0.25) is 5.91 Å². The first-order valence-electron chi connectivity index (χ1n) is 8.30. The van der Waals surface area contributed by atoms with Crippen LogP contribution in [0.3, 0.4) is 0 Å². The van der Waals surface area contributed by atoms with Gasteiger partial charge in [-0.1, -0.05) is 0 Å². The average Bonchev–Trinajstić information content (AvgIpc) is 2.94. The van der Waals surface area contributed by atoms with E-state index >= 15 is 0 Å². The highest BCUT2D eigenvalue weighted by Gasteiger charge is 2.16. The summed E-state index contributed by atoms with van der Waals surface area (Å²) in [6.45, 7) is 5.76. The summed E-state index contributed by atoms with van der Waals surface area (Å²) in [5.41, 5.74) is 1.54. The summed E-state index contributed by atoms with van der Waals surface area (Å²) >= 11 is 4.50. The molecule has 2 N–H and O–H groups in total. The van der Waals surface area contributed by atoms with Gasteiger partial charge in [0.25, 0.3) is 5.56 Å². The lowest BCUT2D eigenvalue weighted by molar-refractivity contribution is -0.115. The Morgan fingerprint density at radius 2 is 2.15 bits per heavy atom. The molecular weight excluding hydrogens is 400 g/mol. The van der Waals surface area contributed by atoms with Crippen LogP contribution >= 0.6 is 34.9 Å². The number of pyridine rings is 1. The Hall–Kier alpha value is -1.84. The lowest BCUT2D eigenvalue weighted by Gasteiger charge is -2.11. The Morgan fingerprint density at radius 1 is 1.37 bits per heavy atom. The number of rotatable bonds is 6. The van der Waals surface area contributed by atoms with Crippen molar-refractivity contribution in [3.05, 3.63) is 44.9 Å². The molecule has 6 nitrogen and oxygen atoms in total. The van der Waals surface area contributed by atoms with Crippen molar-refractivity contribution < 1.29 is 4.79 Å². The lowest BCUT2D eigenvalue weighted by Crippen LogP contribution is -2.23. The molecule has 9 heteroatoms. The molecule has 0 aromatic carbocycles. The van der Waals surface area contributed by atoms with Gasteiger partial charge in [-0.05, 0) is 44.7 Å². The molecule has 1 atom stereocenters. The minimum absolute atomic E-state index is 0.107. The fourth-order valence-electron chi connectivity index (χ4n) is 2.47. The highest BCUT2D eigenvalue weighted by molar-refractivity contribution is 7.99. The van der Waals surface area contributed by atoms with Crippen LogP contribution in [0.5, 0.6) is 0 Å². The molecule has 3 rings (SSSR count). The summed E-state index contributed by atoms with van der Waals surface area (Å²) in [5, 5.41) is 4.13. The van der Waals surface area contributed by atoms with Crippen LogP contribution in [0.25, 0.3) is 10.2 Å².